The van der Waals surface area contributed by atoms with Crippen molar-refractivity contribution in [3.8, 4) is 0 Å². The number of hydrogen-bond donors (Lipinski definition) is 2. The Hall–Kier alpha value is -2.94. The van der Waals surface area contributed by atoms with Gasteiger partial charge in [0.05, 0.1) is 31.4 Å². The molecule has 0 atom stereocenters. The van der Waals surface area contributed by atoms with Gasteiger partial charge in [-0.25, -0.2) is 13.4 Å². The summed E-state index contributed by atoms with van der Waals surface area (Å²) in [5.41, 5.74) is 2.98. The number of carbonyl (C=O) groups is 1. The number of para-hydroxylation sites is 1. The summed E-state index contributed by atoms with van der Waals surface area (Å²) in [6.45, 7) is 3.79. The molecule has 0 aliphatic heterocycles. The van der Waals surface area contributed by atoms with E-state index in [4.69, 9.17) is 11.6 Å². The van der Waals surface area contributed by atoms with Crippen LogP contribution in [0, 0.1) is 13.8 Å². The van der Waals surface area contributed by atoms with Crippen LogP contribution < -0.4 is 10.0 Å². The van der Waals surface area contributed by atoms with Crippen LogP contribution in [0.5, 0.6) is 0 Å². The maximum atomic E-state index is 12.9. The number of amides is 1. The first kappa shape index (κ1) is 21.3. The lowest BCUT2D eigenvalue weighted by molar-refractivity contribution is 0.102. The van der Waals surface area contributed by atoms with Crippen molar-refractivity contribution in [2.45, 2.75) is 18.7 Å². The maximum Gasteiger partial charge on any atom is 0.261 e. The summed E-state index contributed by atoms with van der Waals surface area (Å²) in [6, 6.07) is 16.5. The van der Waals surface area contributed by atoms with E-state index in [-0.39, 0.29) is 16.1 Å². The van der Waals surface area contributed by atoms with Gasteiger partial charge in [0, 0.05) is 0 Å². The van der Waals surface area contributed by atoms with Gasteiger partial charge in [0.15, 0.2) is 5.13 Å². The standard InChI is InChI=1S/C22H18ClN3O3S2/c1-13-7-10-15(11-8-13)31(28,29)26-18-6-4-3-5-16(18)21(27)25-22-24-19-14(2)9-12-17(23)20(19)30-22/h3-12,26H,1-2H3,(H,24,25,27). The Bertz CT molecular complexity index is 1360. The first-order valence-corrected chi connectivity index (χ1v) is 12.0. The third-order valence-electron chi connectivity index (χ3n) is 4.67. The normalized spacial score (nSPS) is 11.5. The van der Waals surface area contributed by atoms with Crippen LogP contribution >= 0.6 is 22.9 Å². The van der Waals surface area contributed by atoms with E-state index in [9.17, 15) is 13.2 Å². The van der Waals surface area contributed by atoms with Gasteiger partial charge in [-0.3, -0.25) is 14.8 Å². The van der Waals surface area contributed by atoms with E-state index >= 15 is 0 Å². The number of benzene rings is 3. The van der Waals surface area contributed by atoms with Gasteiger partial charge in [-0.1, -0.05) is 58.8 Å². The number of carbonyl (C=O) groups excluding carboxylic acids is 1. The van der Waals surface area contributed by atoms with E-state index in [2.05, 4.69) is 15.0 Å². The molecule has 0 fully saturated rings. The minimum absolute atomic E-state index is 0.115. The van der Waals surface area contributed by atoms with Gasteiger partial charge in [0.1, 0.15) is 0 Å². The number of aromatic nitrogens is 1. The molecule has 4 aromatic rings. The molecule has 1 amide bonds. The SMILES string of the molecule is Cc1ccc(S(=O)(=O)Nc2ccccc2C(=O)Nc2nc3c(C)ccc(Cl)c3s2)cc1. The second kappa shape index (κ2) is 8.30. The zero-order valence-electron chi connectivity index (χ0n) is 16.6. The van der Waals surface area contributed by atoms with Crippen LogP contribution in [0.4, 0.5) is 10.8 Å². The van der Waals surface area contributed by atoms with Crippen molar-refractivity contribution in [3.63, 3.8) is 0 Å². The van der Waals surface area contributed by atoms with Crippen molar-refractivity contribution in [3.05, 3.63) is 82.4 Å². The summed E-state index contributed by atoms with van der Waals surface area (Å²) >= 11 is 7.51. The molecule has 1 heterocycles. The van der Waals surface area contributed by atoms with Crippen LogP contribution in [0.15, 0.2) is 65.6 Å². The van der Waals surface area contributed by atoms with Crippen LogP contribution in [0.2, 0.25) is 5.02 Å². The molecule has 2 N–H and O–H groups in total. The summed E-state index contributed by atoms with van der Waals surface area (Å²) in [4.78, 5) is 17.5. The molecule has 31 heavy (non-hydrogen) atoms. The molecule has 0 saturated carbocycles. The first-order valence-electron chi connectivity index (χ1n) is 9.30. The predicted molar refractivity (Wildman–Crippen MR) is 126 cm³/mol. The highest BCUT2D eigenvalue weighted by Gasteiger charge is 2.20. The van der Waals surface area contributed by atoms with Crippen LogP contribution in [-0.2, 0) is 10.0 Å². The van der Waals surface area contributed by atoms with Crippen LogP contribution in [-0.4, -0.2) is 19.3 Å². The highest BCUT2D eigenvalue weighted by atomic mass is 35.5. The fourth-order valence-corrected chi connectivity index (χ4v) is 5.30. The highest BCUT2D eigenvalue weighted by Crippen LogP contribution is 2.34. The maximum absolute atomic E-state index is 12.9. The zero-order valence-corrected chi connectivity index (χ0v) is 19.0. The van der Waals surface area contributed by atoms with E-state index in [1.807, 2.05) is 19.9 Å². The quantitative estimate of drug-likeness (QED) is 0.395. The smallest absolute Gasteiger partial charge is 0.261 e. The summed E-state index contributed by atoms with van der Waals surface area (Å²) in [6.07, 6.45) is 0. The number of sulfonamides is 1. The molecule has 1 aromatic heterocycles. The third kappa shape index (κ3) is 4.41. The number of rotatable bonds is 5. The Balaban J connectivity index is 1.62. The number of nitrogens with one attached hydrogen (secondary N) is 2. The number of halogens is 1. The predicted octanol–water partition coefficient (Wildman–Crippen LogP) is 5.62. The van der Waals surface area contributed by atoms with Crippen molar-refractivity contribution in [2.75, 3.05) is 10.0 Å². The second-order valence-corrected chi connectivity index (χ2v) is 10.1. The van der Waals surface area contributed by atoms with Gasteiger partial charge in [0.25, 0.3) is 15.9 Å². The monoisotopic (exact) mass is 471 g/mol. The lowest BCUT2D eigenvalue weighted by atomic mass is 10.2. The number of hydrogen-bond acceptors (Lipinski definition) is 5. The Morgan fingerprint density at radius 1 is 1.00 bits per heavy atom. The minimum atomic E-state index is -3.85. The van der Waals surface area contributed by atoms with Crippen LogP contribution in [0.1, 0.15) is 21.5 Å². The number of thiazole rings is 1. The number of anilines is 2. The minimum Gasteiger partial charge on any atom is -0.298 e. The van der Waals surface area contributed by atoms with E-state index in [1.54, 1.807) is 42.5 Å². The van der Waals surface area contributed by atoms with E-state index < -0.39 is 15.9 Å². The van der Waals surface area contributed by atoms with Gasteiger partial charge in [-0.15, -0.1) is 0 Å². The van der Waals surface area contributed by atoms with Crippen molar-refractivity contribution in [2.24, 2.45) is 0 Å². The molecule has 3 aromatic carbocycles. The average Bonchev–Trinajstić information content (AvgIpc) is 3.16. The average molecular weight is 472 g/mol. The van der Waals surface area contributed by atoms with Crippen LogP contribution in [0.25, 0.3) is 10.2 Å². The molecule has 158 valence electrons. The molecule has 6 nitrogen and oxygen atoms in total. The first-order chi connectivity index (χ1) is 14.7. The molecule has 0 radical (unpaired) electrons. The van der Waals surface area contributed by atoms with Crippen molar-refractivity contribution in [1.82, 2.24) is 4.98 Å². The molecular formula is C22H18ClN3O3S2. The fraction of sp³-hybridized carbons (Fsp3) is 0.0909. The van der Waals surface area contributed by atoms with Gasteiger partial charge in [-0.05, 0) is 49.7 Å². The molecule has 0 aliphatic rings. The molecule has 9 heteroatoms. The Morgan fingerprint density at radius 3 is 2.42 bits per heavy atom. The molecular weight excluding hydrogens is 454 g/mol. The van der Waals surface area contributed by atoms with Crippen molar-refractivity contribution in [1.29, 1.82) is 0 Å². The molecule has 0 saturated heterocycles. The Morgan fingerprint density at radius 2 is 1.71 bits per heavy atom. The molecule has 0 spiro atoms. The number of aryl methyl sites for hydroxylation is 2. The number of nitrogens with zero attached hydrogens (tertiary/aromatic N) is 1. The zero-order chi connectivity index (χ0) is 22.2. The third-order valence-corrected chi connectivity index (χ3v) is 7.48. The summed E-state index contributed by atoms with van der Waals surface area (Å²) in [5, 5.41) is 3.69. The van der Waals surface area contributed by atoms with E-state index in [0.717, 1.165) is 21.3 Å². The molecule has 0 unspecified atom stereocenters. The Kier molecular flexibility index (Phi) is 5.70. The lowest BCUT2D eigenvalue weighted by Crippen LogP contribution is -2.18. The molecule has 0 bridgehead atoms. The van der Waals surface area contributed by atoms with Gasteiger partial charge >= 0.3 is 0 Å². The van der Waals surface area contributed by atoms with Crippen LogP contribution in [0.3, 0.4) is 0 Å². The topological polar surface area (TPSA) is 88.2 Å². The van der Waals surface area contributed by atoms with Gasteiger partial charge < -0.3 is 0 Å². The van der Waals surface area contributed by atoms with Gasteiger partial charge in [0.2, 0.25) is 0 Å². The Labute approximate surface area is 189 Å². The fourth-order valence-electron chi connectivity index (χ4n) is 3.01. The van der Waals surface area contributed by atoms with Gasteiger partial charge in [-0.2, -0.15) is 0 Å². The lowest BCUT2D eigenvalue weighted by Gasteiger charge is -2.12. The highest BCUT2D eigenvalue weighted by molar-refractivity contribution is 7.92. The van der Waals surface area contributed by atoms with E-state index in [1.165, 1.54) is 23.5 Å². The van der Waals surface area contributed by atoms with Crippen molar-refractivity contribution < 1.29 is 13.2 Å². The largest absolute Gasteiger partial charge is 0.298 e. The summed E-state index contributed by atoms with van der Waals surface area (Å²) < 4.78 is 28.8. The second-order valence-electron chi connectivity index (χ2n) is 6.98. The molecule has 0 aliphatic carbocycles. The van der Waals surface area contributed by atoms with E-state index in [0.29, 0.717) is 10.2 Å². The number of fused-ring (bicyclic) bond motifs is 1. The summed E-state index contributed by atoms with van der Waals surface area (Å²) in [7, 11) is -3.85. The van der Waals surface area contributed by atoms with Crippen molar-refractivity contribution >= 4 is 59.9 Å². The molecule has 4 rings (SSSR count). The summed E-state index contributed by atoms with van der Waals surface area (Å²) in [5.74, 6) is -0.477.